The van der Waals surface area contributed by atoms with Crippen LogP contribution in [0.5, 0.6) is 0 Å². The van der Waals surface area contributed by atoms with Crippen LogP contribution in [0, 0.1) is 0 Å². The van der Waals surface area contributed by atoms with E-state index in [1.54, 1.807) is 0 Å². The third kappa shape index (κ3) is 5.64. The smallest absolute Gasteiger partial charge is 0.256 e. The summed E-state index contributed by atoms with van der Waals surface area (Å²) in [5, 5.41) is 0. The molecule has 2 amide bonds. The lowest BCUT2D eigenvalue weighted by Crippen LogP contribution is -2.33. The van der Waals surface area contributed by atoms with Gasteiger partial charge in [-0.1, -0.05) is 0 Å². The third-order valence-corrected chi connectivity index (χ3v) is 1.65. The molecule has 0 saturated carbocycles. The lowest BCUT2D eigenvalue weighted by atomic mass is 10.4. The van der Waals surface area contributed by atoms with Gasteiger partial charge in [-0.2, -0.15) is 0 Å². The topological polar surface area (TPSA) is 63.4 Å². The number of rotatable bonds is 3. The summed E-state index contributed by atoms with van der Waals surface area (Å²) in [7, 11) is 0. The van der Waals surface area contributed by atoms with Gasteiger partial charge in [-0.05, 0) is 0 Å². The predicted molar refractivity (Wildman–Crippen MR) is 47.0 cm³/mol. The molecule has 0 aliphatic carbocycles. The van der Waals surface area contributed by atoms with Crippen molar-refractivity contribution in [3.8, 4) is 0 Å². The molecule has 94 valence electrons. The van der Waals surface area contributed by atoms with Crippen LogP contribution in [0.4, 0.5) is 17.6 Å². The Morgan fingerprint density at radius 2 is 1.44 bits per heavy atom. The van der Waals surface area contributed by atoms with Gasteiger partial charge < -0.3 is 5.73 Å². The molecule has 0 aromatic carbocycles. The van der Waals surface area contributed by atoms with Gasteiger partial charge in [0.15, 0.2) is 0 Å². The van der Waals surface area contributed by atoms with Gasteiger partial charge in [0.05, 0.1) is 13.1 Å². The molecule has 1 saturated heterocycles. The number of likely N-dealkylation sites (tertiary alicyclic amines) is 1. The number of nitrogens with two attached hydrogens (primary N) is 1. The molecule has 4 nitrogen and oxygen atoms in total. The van der Waals surface area contributed by atoms with E-state index in [9.17, 15) is 27.2 Å². The number of carbonyl (C=O) groups excluding carboxylic acids is 2. The summed E-state index contributed by atoms with van der Waals surface area (Å²) in [5.41, 5.74) is 4.42. The third-order valence-electron chi connectivity index (χ3n) is 1.65. The van der Waals surface area contributed by atoms with Crippen LogP contribution < -0.4 is 5.73 Å². The first kappa shape index (κ1) is 14.8. The van der Waals surface area contributed by atoms with Gasteiger partial charge in [0.2, 0.25) is 11.8 Å². The van der Waals surface area contributed by atoms with Gasteiger partial charge in [0.1, 0.15) is 0 Å². The Bertz CT molecular complexity index is 232. The summed E-state index contributed by atoms with van der Waals surface area (Å²) < 4.78 is 44.7. The van der Waals surface area contributed by atoms with Crippen molar-refractivity contribution in [2.24, 2.45) is 5.73 Å². The van der Waals surface area contributed by atoms with E-state index in [4.69, 9.17) is 0 Å². The summed E-state index contributed by atoms with van der Waals surface area (Å²) in [6.07, 6.45) is -4.81. The molecule has 0 unspecified atom stereocenters. The fourth-order valence-electron chi connectivity index (χ4n) is 0.965. The maximum atomic E-state index is 11.7. The molecule has 0 atom stereocenters. The van der Waals surface area contributed by atoms with Crippen molar-refractivity contribution in [2.75, 3.05) is 13.1 Å². The largest absolute Gasteiger partial charge is 0.325 e. The van der Waals surface area contributed by atoms with Crippen molar-refractivity contribution in [2.45, 2.75) is 25.7 Å². The Hall–Kier alpha value is -1.18. The first-order chi connectivity index (χ1) is 7.38. The van der Waals surface area contributed by atoms with E-state index in [0.29, 0.717) is 4.90 Å². The van der Waals surface area contributed by atoms with Gasteiger partial charge in [-0.15, -0.1) is 0 Å². The van der Waals surface area contributed by atoms with Crippen molar-refractivity contribution in [1.82, 2.24) is 4.90 Å². The molecule has 1 aliphatic heterocycles. The predicted octanol–water partition coefficient (Wildman–Crippen LogP) is 0.611. The Kier molecular flexibility index (Phi) is 6.63. The van der Waals surface area contributed by atoms with Crippen molar-refractivity contribution in [3.05, 3.63) is 0 Å². The lowest BCUT2D eigenvalue weighted by Gasteiger charge is -2.11. The maximum absolute atomic E-state index is 11.7. The number of imide groups is 1. The molecule has 16 heavy (non-hydrogen) atoms. The number of halogens is 4. The standard InChI is InChI=1S/C6H7F2NO2.C2H5F2N/c7-4(8)3-9-5(10)1-2-6(9)11;3-2(4)1-5/h4H,1-3H2;2H,1,5H2. The van der Waals surface area contributed by atoms with Crippen molar-refractivity contribution in [1.29, 1.82) is 0 Å². The van der Waals surface area contributed by atoms with Crippen molar-refractivity contribution >= 4 is 11.8 Å². The van der Waals surface area contributed by atoms with E-state index in [-0.39, 0.29) is 12.8 Å². The van der Waals surface area contributed by atoms with Crippen LogP contribution in [0.3, 0.4) is 0 Å². The minimum atomic E-state index is -2.62. The number of alkyl halides is 4. The highest BCUT2D eigenvalue weighted by molar-refractivity contribution is 6.01. The number of hydrogen-bond donors (Lipinski definition) is 1. The Balaban J connectivity index is 0.000000385. The molecule has 8 heteroatoms. The normalized spacial score (nSPS) is 15.8. The zero-order valence-corrected chi connectivity index (χ0v) is 8.34. The second-order valence-electron chi connectivity index (χ2n) is 2.92. The van der Waals surface area contributed by atoms with Crippen molar-refractivity contribution in [3.63, 3.8) is 0 Å². The fraction of sp³-hybridized carbons (Fsp3) is 0.750. The van der Waals surface area contributed by atoms with Crippen molar-refractivity contribution < 1.29 is 27.2 Å². The maximum Gasteiger partial charge on any atom is 0.256 e. The highest BCUT2D eigenvalue weighted by Gasteiger charge is 2.30. The van der Waals surface area contributed by atoms with E-state index in [1.165, 1.54) is 0 Å². The van der Waals surface area contributed by atoms with Crippen LogP contribution in [0.25, 0.3) is 0 Å². The first-order valence-electron chi connectivity index (χ1n) is 4.48. The first-order valence-corrected chi connectivity index (χ1v) is 4.48. The quantitative estimate of drug-likeness (QED) is 0.584. The molecule has 0 aromatic rings. The summed E-state index contributed by atoms with van der Waals surface area (Å²) >= 11 is 0. The Morgan fingerprint density at radius 3 is 1.69 bits per heavy atom. The molecule has 1 fully saturated rings. The average molecular weight is 244 g/mol. The molecule has 1 aliphatic rings. The molecule has 0 radical (unpaired) electrons. The molecule has 0 aromatic heterocycles. The van der Waals surface area contributed by atoms with Crippen LogP contribution in [-0.4, -0.2) is 42.7 Å². The monoisotopic (exact) mass is 244 g/mol. The van der Waals surface area contributed by atoms with Crippen LogP contribution in [0.2, 0.25) is 0 Å². The molecule has 1 heterocycles. The van der Waals surface area contributed by atoms with E-state index in [0.717, 1.165) is 0 Å². The second kappa shape index (κ2) is 7.15. The summed E-state index contributed by atoms with van der Waals surface area (Å²) in [5.74, 6) is -0.981. The van der Waals surface area contributed by atoms with E-state index < -0.39 is 37.8 Å². The van der Waals surface area contributed by atoms with Gasteiger partial charge >= 0.3 is 0 Å². The molecular formula is C8H12F4N2O2. The lowest BCUT2D eigenvalue weighted by molar-refractivity contribution is -0.140. The number of amides is 2. The van der Waals surface area contributed by atoms with E-state index in [1.807, 2.05) is 0 Å². The highest BCUT2D eigenvalue weighted by atomic mass is 19.3. The zero-order chi connectivity index (χ0) is 12.7. The van der Waals surface area contributed by atoms with Crippen LogP contribution >= 0.6 is 0 Å². The Morgan fingerprint density at radius 1 is 1.06 bits per heavy atom. The number of carbonyl (C=O) groups is 2. The van der Waals surface area contributed by atoms with Crippen LogP contribution in [-0.2, 0) is 9.59 Å². The van der Waals surface area contributed by atoms with Gasteiger partial charge in [0.25, 0.3) is 12.9 Å². The highest BCUT2D eigenvalue weighted by Crippen LogP contribution is 2.12. The summed E-state index contributed by atoms with van der Waals surface area (Å²) in [4.78, 5) is 22.0. The Labute approximate surface area is 89.4 Å². The van der Waals surface area contributed by atoms with Crippen LogP contribution in [0.1, 0.15) is 12.8 Å². The van der Waals surface area contributed by atoms with Gasteiger partial charge in [0, 0.05) is 12.8 Å². The average Bonchev–Trinajstić information content (AvgIpc) is 2.50. The fourth-order valence-corrected chi connectivity index (χ4v) is 0.965. The van der Waals surface area contributed by atoms with Gasteiger partial charge in [-0.3, -0.25) is 14.5 Å². The van der Waals surface area contributed by atoms with E-state index >= 15 is 0 Å². The second-order valence-corrected chi connectivity index (χ2v) is 2.92. The molecular weight excluding hydrogens is 232 g/mol. The minimum absolute atomic E-state index is 0.0750. The summed E-state index contributed by atoms with van der Waals surface area (Å²) in [6, 6.07) is 0. The van der Waals surface area contributed by atoms with Crippen LogP contribution in [0.15, 0.2) is 0 Å². The van der Waals surface area contributed by atoms with E-state index in [2.05, 4.69) is 5.73 Å². The molecule has 0 bridgehead atoms. The summed E-state index contributed by atoms with van der Waals surface area (Å²) in [6.45, 7) is -1.28. The van der Waals surface area contributed by atoms with Gasteiger partial charge in [-0.25, -0.2) is 17.6 Å². The zero-order valence-electron chi connectivity index (χ0n) is 8.34. The number of nitrogens with zero attached hydrogens (tertiary/aromatic N) is 1. The minimum Gasteiger partial charge on any atom is -0.325 e. The molecule has 1 rings (SSSR count). The SMILES string of the molecule is NCC(F)F.O=C1CCC(=O)N1CC(F)F. The molecule has 2 N–H and O–H groups in total. The molecule has 0 spiro atoms. The number of hydrogen-bond acceptors (Lipinski definition) is 3.